The lowest BCUT2D eigenvalue weighted by atomic mass is 9.95. The number of nitrogens with zero attached hydrogens (tertiary/aromatic N) is 4. The highest BCUT2D eigenvalue weighted by atomic mass is 16.2. The molecule has 0 saturated carbocycles. The summed E-state index contributed by atoms with van der Waals surface area (Å²) in [5, 5.41) is 2.23. The van der Waals surface area contributed by atoms with Crippen LogP contribution in [0.5, 0.6) is 0 Å². The normalized spacial score (nSPS) is 22.2. The van der Waals surface area contributed by atoms with Crippen molar-refractivity contribution in [2.24, 2.45) is 11.7 Å². The fraction of sp³-hybridized carbons (Fsp3) is 0.433. The molecule has 0 bridgehead atoms. The molecule has 0 aliphatic carbocycles. The zero-order chi connectivity index (χ0) is 28.7. The molecule has 4 heterocycles. The number of rotatable bonds is 6. The fourth-order valence-corrected chi connectivity index (χ4v) is 6.42. The quantitative estimate of drug-likeness (QED) is 0.506. The van der Waals surface area contributed by atoms with Crippen molar-refractivity contribution in [1.82, 2.24) is 15.1 Å². The molecule has 1 unspecified atom stereocenters. The molecular weight excluding hydrogens is 524 g/mol. The minimum atomic E-state index is -0.957. The van der Waals surface area contributed by atoms with E-state index < -0.39 is 29.7 Å². The minimum Gasteiger partial charge on any atom is -0.372 e. The van der Waals surface area contributed by atoms with Crippen molar-refractivity contribution in [3.05, 3.63) is 59.2 Å². The number of anilines is 2. The SMILES string of the molecule is NC(=O)c1ccc(N2CCC(CN3CCN(c4ccc5c(c4)C(=O)N(C4CCC(=O)NC4=O)C5=O)CC3)CC2)cc1. The van der Waals surface area contributed by atoms with Crippen LogP contribution in [0.25, 0.3) is 0 Å². The number of imide groups is 2. The van der Waals surface area contributed by atoms with Crippen molar-refractivity contribution in [2.75, 3.05) is 55.6 Å². The van der Waals surface area contributed by atoms with Crippen molar-refractivity contribution in [3.8, 4) is 0 Å². The Morgan fingerprint density at radius 1 is 0.780 bits per heavy atom. The van der Waals surface area contributed by atoms with Crippen molar-refractivity contribution in [2.45, 2.75) is 31.7 Å². The molecular formula is C30H34N6O5. The molecule has 6 rings (SSSR count). The van der Waals surface area contributed by atoms with E-state index in [1.54, 1.807) is 24.3 Å². The fourth-order valence-electron chi connectivity index (χ4n) is 6.42. The highest BCUT2D eigenvalue weighted by Gasteiger charge is 2.44. The van der Waals surface area contributed by atoms with E-state index in [0.717, 1.165) is 74.9 Å². The van der Waals surface area contributed by atoms with Crippen molar-refractivity contribution in [3.63, 3.8) is 0 Å². The number of carbonyl (C=O) groups is 5. The number of hydrogen-bond acceptors (Lipinski definition) is 8. The van der Waals surface area contributed by atoms with Gasteiger partial charge in [0.05, 0.1) is 11.1 Å². The lowest BCUT2D eigenvalue weighted by molar-refractivity contribution is -0.136. The van der Waals surface area contributed by atoms with Gasteiger partial charge in [-0.3, -0.25) is 39.1 Å². The Morgan fingerprint density at radius 3 is 2.07 bits per heavy atom. The molecule has 214 valence electrons. The van der Waals surface area contributed by atoms with Gasteiger partial charge in [0, 0.05) is 69.2 Å². The molecule has 1 atom stereocenters. The average molecular weight is 559 g/mol. The molecule has 11 heteroatoms. The number of amides is 5. The van der Waals surface area contributed by atoms with E-state index in [-0.39, 0.29) is 18.7 Å². The monoisotopic (exact) mass is 558 g/mol. The van der Waals surface area contributed by atoms with E-state index in [4.69, 9.17) is 5.73 Å². The van der Waals surface area contributed by atoms with Gasteiger partial charge in [0.25, 0.3) is 11.8 Å². The first-order valence-electron chi connectivity index (χ1n) is 14.3. The number of fused-ring (bicyclic) bond motifs is 1. The van der Waals surface area contributed by atoms with Crippen LogP contribution in [0.1, 0.15) is 56.8 Å². The second kappa shape index (κ2) is 11.0. The number of benzene rings is 2. The number of piperidine rings is 2. The predicted molar refractivity (Wildman–Crippen MR) is 152 cm³/mol. The van der Waals surface area contributed by atoms with Crippen LogP contribution in [0.3, 0.4) is 0 Å². The van der Waals surface area contributed by atoms with Gasteiger partial charge >= 0.3 is 0 Å². The van der Waals surface area contributed by atoms with Crippen molar-refractivity contribution >= 4 is 40.9 Å². The molecule has 4 aliphatic heterocycles. The largest absolute Gasteiger partial charge is 0.372 e. The van der Waals surface area contributed by atoms with Crippen LogP contribution in [-0.4, -0.2) is 91.2 Å². The highest BCUT2D eigenvalue weighted by Crippen LogP contribution is 2.31. The Kier molecular flexibility index (Phi) is 7.21. The third kappa shape index (κ3) is 5.29. The summed E-state index contributed by atoms with van der Waals surface area (Å²) in [5.74, 6) is -1.73. The van der Waals surface area contributed by atoms with E-state index in [0.29, 0.717) is 22.6 Å². The summed E-state index contributed by atoms with van der Waals surface area (Å²) >= 11 is 0. The van der Waals surface area contributed by atoms with Crippen LogP contribution in [0.2, 0.25) is 0 Å². The second-order valence-corrected chi connectivity index (χ2v) is 11.3. The number of carbonyl (C=O) groups excluding carboxylic acids is 5. The zero-order valence-electron chi connectivity index (χ0n) is 22.9. The third-order valence-corrected chi connectivity index (χ3v) is 8.81. The summed E-state index contributed by atoms with van der Waals surface area (Å²) in [7, 11) is 0. The van der Waals surface area contributed by atoms with Crippen LogP contribution in [-0.2, 0) is 9.59 Å². The van der Waals surface area contributed by atoms with Crippen LogP contribution in [0, 0.1) is 5.92 Å². The van der Waals surface area contributed by atoms with Gasteiger partial charge < -0.3 is 15.5 Å². The molecule has 11 nitrogen and oxygen atoms in total. The minimum absolute atomic E-state index is 0.102. The van der Waals surface area contributed by atoms with Crippen molar-refractivity contribution < 1.29 is 24.0 Å². The smallest absolute Gasteiger partial charge is 0.262 e. The third-order valence-electron chi connectivity index (χ3n) is 8.81. The van der Waals surface area contributed by atoms with Crippen LogP contribution in [0.15, 0.2) is 42.5 Å². The molecule has 3 N–H and O–H groups in total. The molecule has 0 radical (unpaired) electrons. The van der Waals surface area contributed by atoms with Gasteiger partial charge in [-0.1, -0.05) is 0 Å². The standard InChI is InChI=1S/C30H34N6O5/c31-27(38)20-1-3-21(4-2-20)34-11-9-19(10-12-34)18-33-13-15-35(16-14-33)22-5-6-23-24(17-22)30(41)36(29(23)40)25-7-8-26(37)32-28(25)39/h1-6,17,19,25H,7-16,18H2,(H2,31,38)(H,32,37,39). The molecule has 5 amide bonds. The molecule has 3 fully saturated rings. The average Bonchev–Trinajstić information content (AvgIpc) is 3.23. The van der Waals surface area contributed by atoms with E-state index in [1.807, 2.05) is 18.2 Å². The van der Waals surface area contributed by atoms with E-state index >= 15 is 0 Å². The van der Waals surface area contributed by atoms with Gasteiger partial charge in [-0.15, -0.1) is 0 Å². The first-order valence-corrected chi connectivity index (χ1v) is 14.3. The van der Waals surface area contributed by atoms with Crippen LogP contribution in [0.4, 0.5) is 11.4 Å². The molecule has 2 aromatic carbocycles. The second-order valence-electron chi connectivity index (χ2n) is 11.3. The van der Waals surface area contributed by atoms with Gasteiger partial charge in [-0.05, 0) is 67.6 Å². The maximum Gasteiger partial charge on any atom is 0.262 e. The van der Waals surface area contributed by atoms with Crippen LogP contribution >= 0.6 is 0 Å². The lowest BCUT2D eigenvalue weighted by Gasteiger charge is -2.40. The van der Waals surface area contributed by atoms with Gasteiger partial charge in [0.15, 0.2) is 0 Å². The number of primary amides is 1. The zero-order valence-corrected chi connectivity index (χ0v) is 22.9. The lowest BCUT2D eigenvalue weighted by Crippen LogP contribution is -2.54. The van der Waals surface area contributed by atoms with E-state index in [2.05, 4.69) is 20.0 Å². The number of nitrogens with one attached hydrogen (secondary N) is 1. The molecule has 0 aromatic heterocycles. The summed E-state index contributed by atoms with van der Waals surface area (Å²) in [6, 6.07) is 11.9. The number of piperazine rings is 1. The molecule has 41 heavy (non-hydrogen) atoms. The Balaban J connectivity index is 1.01. The first kappa shape index (κ1) is 26.9. The van der Waals surface area contributed by atoms with Gasteiger partial charge in [0.2, 0.25) is 17.7 Å². The first-order chi connectivity index (χ1) is 19.8. The van der Waals surface area contributed by atoms with E-state index in [1.165, 1.54) is 0 Å². The molecule has 0 spiro atoms. The van der Waals surface area contributed by atoms with Gasteiger partial charge in [-0.25, -0.2) is 0 Å². The van der Waals surface area contributed by atoms with Crippen molar-refractivity contribution in [1.29, 1.82) is 0 Å². The maximum absolute atomic E-state index is 13.2. The molecule has 3 saturated heterocycles. The van der Waals surface area contributed by atoms with Gasteiger partial charge in [0.1, 0.15) is 6.04 Å². The Hall–Kier alpha value is -4.25. The predicted octanol–water partition coefficient (Wildman–Crippen LogP) is 1.23. The Labute approximate surface area is 238 Å². The summed E-state index contributed by atoms with van der Waals surface area (Å²) in [4.78, 5) is 69.5. The molecule has 4 aliphatic rings. The van der Waals surface area contributed by atoms with Gasteiger partial charge in [-0.2, -0.15) is 0 Å². The molecule has 2 aromatic rings. The summed E-state index contributed by atoms with van der Waals surface area (Å²) in [6.07, 6.45) is 2.48. The number of hydrogen-bond donors (Lipinski definition) is 2. The topological polar surface area (TPSA) is 136 Å². The summed E-state index contributed by atoms with van der Waals surface area (Å²) in [6.45, 7) is 6.50. The summed E-state index contributed by atoms with van der Waals surface area (Å²) in [5.41, 5.74) is 8.51. The number of nitrogens with two attached hydrogens (primary N) is 1. The Bertz CT molecular complexity index is 1390. The van der Waals surface area contributed by atoms with Crippen LogP contribution < -0.4 is 20.9 Å². The van der Waals surface area contributed by atoms with E-state index in [9.17, 15) is 24.0 Å². The Morgan fingerprint density at radius 2 is 1.41 bits per heavy atom. The highest BCUT2D eigenvalue weighted by molar-refractivity contribution is 6.23. The summed E-state index contributed by atoms with van der Waals surface area (Å²) < 4.78 is 0. The maximum atomic E-state index is 13.2.